The van der Waals surface area contributed by atoms with Crippen molar-refractivity contribution in [2.45, 2.75) is 0 Å². The maximum Gasteiger partial charge on any atom is 1.00 e. The van der Waals surface area contributed by atoms with Gasteiger partial charge in [0.1, 0.15) is 5.75 Å². The first kappa shape index (κ1) is 13.2. The molecule has 3 aromatic rings. The van der Waals surface area contributed by atoms with Crippen LogP contribution < -0.4 is 29.6 Å². The fourth-order valence-corrected chi connectivity index (χ4v) is 2.12. The summed E-state index contributed by atoms with van der Waals surface area (Å²) in [4.78, 5) is 0. The first-order chi connectivity index (χ1) is 8.34. The van der Waals surface area contributed by atoms with Crippen LogP contribution in [-0.4, -0.2) is 5.11 Å². The van der Waals surface area contributed by atoms with Gasteiger partial charge in [-0.2, -0.15) is 0 Å². The van der Waals surface area contributed by atoms with E-state index in [1.54, 1.807) is 12.1 Å². The molecule has 0 unspecified atom stereocenters. The Bertz CT molecular complexity index is 660. The van der Waals surface area contributed by atoms with Crippen molar-refractivity contribution >= 4 is 10.8 Å². The van der Waals surface area contributed by atoms with Gasteiger partial charge >= 0.3 is 29.6 Å². The zero-order valence-corrected chi connectivity index (χ0v) is 12.3. The van der Waals surface area contributed by atoms with E-state index in [0.29, 0.717) is 5.75 Å². The van der Waals surface area contributed by atoms with Gasteiger partial charge in [0.25, 0.3) is 0 Å². The molecule has 0 radical (unpaired) electrons. The molecule has 2 heteroatoms. The molecule has 0 amide bonds. The second kappa shape index (κ2) is 5.57. The molecule has 0 aliphatic heterocycles. The predicted octanol–water partition coefficient (Wildman–Crippen LogP) is 1.33. The van der Waals surface area contributed by atoms with Gasteiger partial charge in [0.05, 0.1) is 0 Å². The average molecular weight is 244 g/mol. The molecule has 0 fully saturated rings. The Morgan fingerprint density at radius 2 is 1.39 bits per heavy atom. The molecule has 0 atom stereocenters. The summed E-state index contributed by atoms with van der Waals surface area (Å²) >= 11 is 0. The summed E-state index contributed by atoms with van der Waals surface area (Å²) in [6, 6.07) is 21.9. The van der Waals surface area contributed by atoms with Gasteiger partial charge in [-0.3, -0.25) is 0 Å². The maximum atomic E-state index is 9.32. The normalized spacial score (nSPS) is 10.0. The Balaban J connectivity index is 0.000000902. The van der Waals surface area contributed by atoms with E-state index in [4.69, 9.17) is 0 Å². The Morgan fingerprint density at radius 1 is 0.722 bits per heavy atom. The van der Waals surface area contributed by atoms with Crippen LogP contribution in [-0.2, 0) is 0 Å². The summed E-state index contributed by atoms with van der Waals surface area (Å²) < 4.78 is 0. The third kappa shape index (κ3) is 2.44. The van der Waals surface area contributed by atoms with Gasteiger partial charge in [0, 0.05) is 0 Å². The van der Waals surface area contributed by atoms with Crippen LogP contribution in [0.2, 0.25) is 0 Å². The molecule has 0 aliphatic rings. The van der Waals surface area contributed by atoms with Crippen LogP contribution in [0.3, 0.4) is 0 Å². The van der Waals surface area contributed by atoms with Crippen molar-refractivity contribution < 1.29 is 36.1 Å². The summed E-state index contributed by atoms with van der Waals surface area (Å²) in [6.45, 7) is 0. The number of benzene rings is 3. The summed E-state index contributed by atoms with van der Waals surface area (Å²) in [5.74, 6) is 0.300. The van der Waals surface area contributed by atoms with Crippen LogP contribution in [0.15, 0.2) is 66.7 Å². The number of hydrogen-bond donors (Lipinski definition) is 1. The average Bonchev–Trinajstić information content (AvgIpc) is 2.39. The van der Waals surface area contributed by atoms with Crippen molar-refractivity contribution in [2.24, 2.45) is 0 Å². The monoisotopic (exact) mass is 244 g/mol. The molecule has 3 rings (SSSR count). The van der Waals surface area contributed by atoms with E-state index in [-0.39, 0.29) is 31.0 Å². The van der Waals surface area contributed by atoms with E-state index < -0.39 is 0 Å². The summed E-state index contributed by atoms with van der Waals surface area (Å²) in [5, 5.41) is 11.8. The number of fused-ring (bicyclic) bond motifs is 1. The quantitative estimate of drug-likeness (QED) is 0.640. The van der Waals surface area contributed by atoms with Gasteiger partial charge in [-0.05, 0) is 34.0 Å². The molecule has 0 aromatic heterocycles. The van der Waals surface area contributed by atoms with Gasteiger partial charge in [-0.1, -0.05) is 54.6 Å². The Labute approximate surface area is 130 Å². The van der Waals surface area contributed by atoms with Crippen molar-refractivity contribution in [1.82, 2.24) is 0 Å². The summed E-state index contributed by atoms with van der Waals surface area (Å²) in [6.07, 6.45) is 0. The first-order valence-corrected chi connectivity index (χ1v) is 5.62. The van der Waals surface area contributed by atoms with Crippen molar-refractivity contribution in [3.8, 4) is 16.9 Å². The molecule has 1 N–H and O–H groups in total. The summed E-state index contributed by atoms with van der Waals surface area (Å²) in [5.41, 5.74) is 2.32. The van der Waals surface area contributed by atoms with Crippen LogP contribution in [0.1, 0.15) is 1.43 Å². The zero-order chi connectivity index (χ0) is 11.7. The summed E-state index contributed by atoms with van der Waals surface area (Å²) in [7, 11) is 0. The van der Waals surface area contributed by atoms with Crippen LogP contribution in [0.5, 0.6) is 5.75 Å². The van der Waals surface area contributed by atoms with Crippen LogP contribution in [0, 0.1) is 0 Å². The third-order valence-corrected chi connectivity index (χ3v) is 2.97. The Hall–Kier alpha value is -1.28. The van der Waals surface area contributed by atoms with Gasteiger partial charge in [0.15, 0.2) is 0 Å². The molecule has 1 nitrogen and oxygen atoms in total. The van der Waals surface area contributed by atoms with Gasteiger partial charge in [-0.25, -0.2) is 0 Å². The second-order valence-electron chi connectivity index (χ2n) is 4.07. The van der Waals surface area contributed by atoms with Crippen LogP contribution in [0.25, 0.3) is 21.9 Å². The number of phenols is 1. The SMILES string of the molecule is Oc1ccc(-c2cccc3ccccc23)cc1.[H-].[Na+]. The van der Waals surface area contributed by atoms with E-state index in [1.165, 1.54) is 16.3 Å². The zero-order valence-electron chi connectivity index (χ0n) is 11.3. The predicted molar refractivity (Wildman–Crippen MR) is 72.2 cm³/mol. The van der Waals surface area contributed by atoms with Crippen molar-refractivity contribution in [2.75, 3.05) is 0 Å². The largest absolute Gasteiger partial charge is 1.00 e. The first-order valence-electron chi connectivity index (χ1n) is 5.62. The molecule has 18 heavy (non-hydrogen) atoms. The van der Waals surface area contributed by atoms with Crippen molar-refractivity contribution in [3.05, 3.63) is 66.7 Å². The number of aromatic hydroxyl groups is 1. The standard InChI is InChI=1S/C16H12O.Na.H/c17-14-10-8-13(9-11-14)16-7-3-5-12-4-1-2-6-15(12)16;;/h1-11,17H;;/q;+1;-1. The maximum absolute atomic E-state index is 9.32. The van der Waals surface area contributed by atoms with E-state index in [0.717, 1.165) is 5.56 Å². The molecule has 3 aromatic carbocycles. The minimum atomic E-state index is 0. The number of hydrogen-bond acceptors (Lipinski definition) is 1. The smallest absolute Gasteiger partial charge is 1.00 e. The van der Waals surface area contributed by atoms with Crippen molar-refractivity contribution in [3.63, 3.8) is 0 Å². The minimum Gasteiger partial charge on any atom is -1.00 e. The van der Waals surface area contributed by atoms with E-state index in [1.807, 2.05) is 24.3 Å². The molecule has 0 aliphatic carbocycles. The molecular formula is C16H13NaO. The fourth-order valence-electron chi connectivity index (χ4n) is 2.12. The topological polar surface area (TPSA) is 20.2 Å². The Morgan fingerprint density at radius 3 is 2.17 bits per heavy atom. The van der Waals surface area contributed by atoms with Crippen LogP contribution in [0.4, 0.5) is 0 Å². The Kier molecular flexibility index (Phi) is 4.07. The number of phenolic OH excluding ortho intramolecular Hbond substituents is 1. The molecule has 0 spiro atoms. The molecule has 0 saturated heterocycles. The minimum absolute atomic E-state index is 0. The fraction of sp³-hybridized carbons (Fsp3) is 0. The van der Waals surface area contributed by atoms with Gasteiger partial charge in [-0.15, -0.1) is 0 Å². The number of rotatable bonds is 1. The molecule has 84 valence electrons. The molecule has 0 bridgehead atoms. The van der Waals surface area contributed by atoms with Gasteiger partial charge in [0.2, 0.25) is 0 Å². The molecular weight excluding hydrogens is 231 g/mol. The van der Waals surface area contributed by atoms with Gasteiger partial charge < -0.3 is 6.53 Å². The van der Waals surface area contributed by atoms with E-state index >= 15 is 0 Å². The van der Waals surface area contributed by atoms with E-state index in [9.17, 15) is 5.11 Å². The van der Waals surface area contributed by atoms with Crippen molar-refractivity contribution in [1.29, 1.82) is 0 Å². The molecule has 0 heterocycles. The third-order valence-electron chi connectivity index (χ3n) is 2.97. The molecule has 0 saturated carbocycles. The van der Waals surface area contributed by atoms with E-state index in [2.05, 4.69) is 30.3 Å². The second-order valence-corrected chi connectivity index (χ2v) is 4.07. The van der Waals surface area contributed by atoms with Crippen LogP contribution >= 0.6 is 0 Å².